The third-order valence-corrected chi connectivity index (χ3v) is 3.93. The van der Waals surface area contributed by atoms with Gasteiger partial charge in [0, 0.05) is 24.4 Å². The summed E-state index contributed by atoms with van der Waals surface area (Å²) in [6.07, 6.45) is 2.70. The molecule has 1 heterocycles. The van der Waals surface area contributed by atoms with Crippen LogP contribution in [0.25, 0.3) is 6.08 Å². The van der Waals surface area contributed by atoms with E-state index in [4.69, 9.17) is 0 Å². The summed E-state index contributed by atoms with van der Waals surface area (Å²) in [5.41, 5.74) is 0.565. The number of hydrogen-bond donors (Lipinski definition) is 0. The fourth-order valence-electron chi connectivity index (χ4n) is 1.88. The second-order valence-electron chi connectivity index (χ2n) is 4.64. The summed E-state index contributed by atoms with van der Waals surface area (Å²) < 4.78 is 26.0. The summed E-state index contributed by atoms with van der Waals surface area (Å²) in [4.78, 5) is 29.1. The van der Waals surface area contributed by atoms with Crippen LogP contribution in [0.15, 0.2) is 29.7 Å². The minimum Gasteiger partial charge on any atom is -0.289 e. The molecule has 2 aromatic rings. The van der Waals surface area contributed by atoms with E-state index in [1.54, 1.807) is 5.38 Å². The molecule has 23 heavy (non-hydrogen) atoms. The number of hydrogen-bond acceptors (Lipinski definition) is 4. The number of amides is 1. The van der Waals surface area contributed by atoms with Gasteiger partial charge in [0.2, 0.25) is 5.91 Å². The monoisotopic (exact) mass is 336 g/mol. The van der Waals surface area contributed by atoms with Gasteiger partial charge in [0.25, 0.3) is 0 Å². The van der Waals surface area contributed by atoms with Crippen LogP contribution in [0.2, 0.25) is 0 Å². The van der Waals surface area contributed by atoms with Crippen LogP contribution in [-0.2, 0) is 4.79 Å². The number of thiazole rings is 1. The van der Waals surface area contributed by atoms with Crippen LogP contribution in [0.4, 0.5) is 13.9 Å². The molecule has 0 spiro atoms. The Labute approximate surface area is 136 Å². The highest BCUT2D eigenvalue weighted by molar-refractivity contribution is 7.14. The predicted molar refractivity (Wildman–Crippen MR) is 85.5 cm³/mol. The van der Waals surface area contributed by atoms with E-state index in [9.17, 15) is 18.4 Å². The Kier molecular flexibility index (Phi) is 5.33. The summed E-state index contributed by atoms with van der Waals surface area (Å²) in [5.74, 6) is -2.65. The number of aromatic nitrogens is 1. The fraction of sp³-hybridized carbons (Fsp3) is 0.188. The zero-order chi connectivity index (χ0) is 17.0. The van der Waals surface area contributed by atoms with Gasteiger partial charge < -0.3 is 0 Å². The average molecular weight is 336 g/mol. The first kappa shape index (κ1) is 17.0. The van der Waals surface area contributed by atoms with E-state index in [1.807, 2.05) is 6.92 Å². The molecule has 0 bridgehead atoms. The van der Waals surface area contributed by atoms with Gasteiger partial charge >= 0.3 is 0 Å². The standard InChI is InChI=1S/C16H14F2N2O2S/c1-3-20(10(2)21)16-19-12(9-23-16)5-7-15(22)11-4-6-13(17)14(18)8-11/h4-9H,3H2,1-2H3/b7-5+. The molecule has 2 rings (SSSR count). The minimum absolute atomic E-state index is 0.0505. The maximum atomic E-state index is 13.1. The van der Waals surface area contributed by atoms with Gasteiger partial charge in [-0.1, -0.05) is 0 Å². The predicted octanol–water partition coefficient (Wildman–Crippen LogP) is 3.69. The summed E-state index contributed by atoms with van der Waals surface area (Å²) in [5, 5.41) is 2.25. The van der Waals surface area contributed by atoms with Gasteiger partial charge in [0.15, 0.2) is 22.5 Å². The first-order valence-corrected chi connectivity index (χ1v) is 7.71. The second kappa shape index (κ2) is 7.23. The SMILES string of the molecule is CCN(C(C)=O)c1nc(/C=C/C(=O)c2ccc(F)c(F)c2)cs1. The Morgan fingerprint density at radius 2 is 2.04 bits per heavy atom. The Morgan fingerprint density at radius 3 is 2.65 bits per heavy atom. The Bertz CT molecular complexity index is 771. The van der Waals surface area contributed by atoms with Crippen molar-refractivity contribution in [1.29, 1.82) is 0 Å². The van der Waals surface area contributed by atoms with Crippen LogP contribution < -0.4 is 4.90 Å². The van der Waals surface area contributed by atoms with E-state index < -0.39 is 17.4 Å². The third-order valence-electron chi connectivity index (χ3n) is 3.05. The number of nitrogens with zero attached hydrogens (tertiary/aromatic N) is 2. The van der Waals surface area contributed by atoms with E-state index in [0.29, 0.717) is 17.4 Å². The van der Waals surface area contributed by atoms with E-state index in [-0.39, 0.29) is 11.5 Å². The number of carbonyl (C=O) groups is 2. The Hall–Kier alpha value is -2.41. The Morgan fingerprint density at radius 1 is 1.30 bits per heavy atom. The molecule has 0 N–H and O–H groups in total. The van der Waals surface area contributed by atoms with Crippen molar-refractivity contribution in [3.63, 3.8) is 0 Å². The number of halogens is 2. The molecular formula is C16H14F2N2O2S. The topological polar surface area (TPSA) is 50.3 Å². The van der Waals surface area contributed by atoms with Crippen LogP contribution in [0.1, 0.15) is 29.9 Å². The van der Waals surface area contributed by atoms with Crippen LogP contribution >= 0.6 is 11.3 Å². The highest BCUT2D eigenvalue weighted by atomic mass is 32.1. The van der Waals surface area contributed by atoms with Crippen LogP contribution in [0.5, 0.6) is 0 Å². The molecule has 0 aliphatic heterocycles. The number of anilines is 1. The maximum Gasteiger partial charge on any atom is 0.225 e. The number of ketones is 1. The number of carbonyl (C=O) groups excluding carboxylic acids is 2. The van der Waals surface area contributed by atoms with Crippen LogP contribution in [-0.4, -0.2) is 23.2 Å². The molecule has 0 radical (unpaired) electrons. The number of benzene rings is 1. The summed E-state index contributed by atoms with van der Waals surface area (Å²) in [7, 11) is 0. The third kappa shape index (κ3) is 4.07. The van der Waals surface area contributed by atoms with Gasteiger partial charge in [-0.05, 0) is 37.3 Å². The molecule has 0 unspecified atom stereocenters. The average Bonchev–Trinajstić information content (AvgIpc) is 2.96. The normalized spacial score (nSPS) is 11.0. The van der Waals surface area contributed by atoms with E-state index >= 15 is 0 Å². The van der Waals surface area contributed by atoms with Crippen LogP contribution in [0, 0.1) is 11.6 Å². The molecule has 0 aliphatic rings. The quantitative estimate of drug-likeness (QED) is 0.618. The van der Waals surface area contributed by atoms with Crippen molar-refractivity contribution in [3.05, 3.63) is 52.5 Å². The van der Waals surface area contributed by atoms with Crippen molar-refractivity contribution < 1.29 is 18.4 Å². The molecule has 0 atom stereocenters. The number of allylic oxidation sites excluding steroid dienone is 1. The van der Waals surface area contributed by atoms with E-state index in [2.05, 4.69) is 4.98 Å². The molecule has 0 fully saturated rings. The molecular weight excluding hydrogens is 322 g/mol. The first-order chi connectivity index (χ1) is 10.9. The van der Waals surface area contributed by atoms with Crippen molar-refractivity contribution in [3.8, 4) is 0 Å². The molecule has 0 saturated heterocycles. The molecule has 7 heteroatoms. The molecule has 120 valence electrons. The lowest BCUT2D eigenvalue weighted by Gasteiger charge is -2.14. The number of rotatable bonds is 5. The maximum absolute atomic E-state index is 13.1. The summed E-state index contributed by atoms with van der Waals surface area (Å²) >= 11 is 1.28. The lowest BCUT2D eigenvalue weighted by atomic mass is 10.1. The molecule has 4 nitrogen and oxygen atoms in total. The van der Waals surface area contributed by atoms with Gasteiger partial charge in [0.05, 0.1) is 5.69 Å². The first-order valence-electron chi connectivity index (χ1n) is 6.83. The van der Waals surface area contributed by atoms with Crippen molar-refractivity contribution in [2.24, 2.45) is 0 Å². The Balaban J connectivity index is 2.14. The molecule has 1 amide bonds. The molecule has 0 aliphatic carbocycles. The minimum atomic E-state index is -1.07. The smallest absolute Gasteiger partial charge is 0.225 e. The van der Waals surface area contributed by atoms with Crippen molar-refractivity contribution in [2.45, 2.75) is 13.8 Å². The lowest BCUT2D eigenvalue weighted by Crippen LogP contribution is -2.27. The molecule has 1 aromatic heterocycles. The highest BCUT2D eigenvalue weighted by Gasteiger charge is 2.13. The van der Waals surface area contributed by atoms with Gasteiger partial charge in [-0.15, -0.1) is 11.3 Å². The zero-order valence-corrected chi connectivity index (χ0v) is 13.4. The van der Waals surface area contributed by atoms with Crippen molar-refractivity contribution in [1.82, 2.24) is 4.98 Å². The van der Waals surface area contributed by atoms with E-state index in [1.165, 1.54) is 41.4 Å². The van der Waals surface area contributed by atoms with Gasteiger partial charge in [0.1, 0.15) is 0 Å². The largest absolute Gasteiger partial charge is 0.289 e. The summed E-state index contributed by atoms with van der Waals surface area (Å²) in [6, 6.07) is 2.97. The van der Waals surface area contributed by atoms with Crippen LogP contribution in [0.3, 0.4) is 0 Å². The molecule has 0 saturated carbocycles. The van der Waals surface area contributed by atoms with Crippen molar-refractivity contribution >= 4 is 34.2 Å². The van der Waals surface area contributed by atoms with Gasteiger partial charge in [-0.2, -0.15) is 0 Å². The second-order valence-corrected chi connectivity index (χ2v) is 5.48. The summed E-state index contributed by atoms with van der Waals surface area (Å²) in [6.45, 7) is 3.79. The van der Waals surface area contributed by atoms with Gasteiger partial charge in [-0.3, -0.25) is 14.5 Å². The zero-order valence-electron chi connectivity index (χ0n) is 12.5. The highest BCUT2D eigenvalue weighted by Crippen LogP contribution is 2.21. The fourth-order valence-corrected chi connectivity index (χ4v) is 2.78. The van der Waals surface area contributed by atoms with Gasteiger partial charge in [-0.25, -0.2) is 13.8 Å². The van der Waals surface area contributed by atoms with Crippen molar-refractivity contribution in [2.75, 3.05) is 11.4 Å². The lowest BCUT2D eigenvalue weighted by molar-refractivity contribution is -0.116. The molecule has 1 aromatic carbocycles. The van der Waals surface area contributed by atoms with E-state index in [0.717, 1.165) is 12.1 Å².